The van der Waals surface area contributed by atoms with E-state index in [2.05, 4.69) is 68.1 Å². The van der Waals surface area contributed by atoms with Crippen molar-refractivity contribution in [2.45, 2.75) is 48.1 Å². The van der Waals surface area contributed by atoms with Crippen LogP contribution in [-0.2, 0) is 23.2 Å². The van der Waals surface area contributed by atoms with Gasteiger partial charge in [0.25, 0.3) is 0 Å². The highest BCUT2D eigenvalue weighted by Gasteiger charge is 2.17. The summed E-state index contributed by atoms with van der Waals surface area (Å²) >= 11 is 0. The number of aryl methyl sites for hydroxylation is 4. The van der Waals surface area contributed by atoms with Crippen molar-refractivity contribution in [3.05, 3.63) is 143 Å². The molecule has 0 aliphatic heterocycles. The van der Waals surface area contributed by atoms with Gasteiger partial charge in [-0.05, 0) is 112 Å². The van der Waals surface area contributed by atoms with E-state index in [1.165, 1.54) is 6.92 Å². The molecular formula is C45H41N5O4. The maximum Gasteiger partial charge on any atom is 0.331 e. The molecule has 0 fully saturated rings. The van der Waals surface area contributed by atoms with E-state index in [9.17, 15) is 14.4 Å². The topological polar surface area (TPSA) is 100 Å². The molecule has 0 aliphatic rings. The van der Waals surface area contributed by atoms with Gasteiger partial charge >= 0.3 is 5.97 Å². The molecule has 270 valence electrons. The first-order chi connectivity index (χ1) is 26.0. The lowest BCUT2D eigenvalue weighted by Crippen LogP contribution is -2.03. The van der Waals surface area contributed by atoms with Gasteiger partial charge in [0, 0.05) is 98.9 Å². The van der Waals surface area contributed by atoms with Gasteiger partial charge in [0.15, 0.2) is 11.6 Å². The number of carbonyl (C=O) groups excluding carboxylic acids is 3. The van der Waals surface area contributed by atoms with Gasteiger partial charge in [-0.25, -0.2) is 9.78 Å². The Morgan fingerprint density at radius 2 is 1.28 bits per heavy atom. The monoisotopic (exact) mass is 715 g/mol. The molecule has 0 unspecified atom stereocenters. The average Bonchev–Trinajstić information content (AvgIpc) is 3.84. The van der Waals surface area contributed by atoms with Crippen molar-refractivity contribution in [1.29, 1.82) is 0 Å². The molecule has 3 heterocycles. The van der Waals surface area contributed by atoms with Crippen LogP contribution in [0.2, 0.25) is 0 Å². The SMILES string of the molecule is CC(=O)ON=C(C)c1ccc2c(c1)c1cc(-n3ccnc3C)ccc1n2C.CCn1c2ccc(C(C)=O)cc2c2cc(C(=O)c3ccccc3C)ccc21. The van der Waals surface area contributed by atoms with Crippen LogP contribution < -0.4 is 0 Å². The summed E-state index contributed by atoms with van der Waals surface area (Å²) in [6, 6.07) is 31.9. The number of benzene rings is 5. The molecule has 9 heteroatoms. The number of Topliss-reactive ketones (excluding diaryl/α,β-unsaturated/α-hetero) is 1. The highest BCUT2D eigenvalue weighted by molar-refractivity contribution is 6.16. The summed E-state index contributed by atoms with van der Waals surface area (Å²) in [6.45, 7) is 11.6. The number of aromatic nitrogens is 4. The second-order valence-electron chi connectivity index (χ2n) is 13.5. The van der Waals surface area contributed by atoms with Gasteiger partial charge in [-0.2, -0.15) is 0 Å². The van der Waals surface area contributed by atoms with Crippen LogP contribution in [0, 0.1) is 13.8 Å². The lowest BCUT2D eigenvalue weighted by atomic mass is 9.97. The smallest absolute Gasteiger partial charge is 0.331 e. The molecule has 3 aromatic heterocycles. The second kappa shape index (κ2) is 14.4. The first-order valence-corrected chi connectivity index (χ1v) is 17.9. The summed E-state index contributed by atoms with van der Waals surface area (Å²) in [5.41, 5.74) is 10.1. The Hall–Kier alpha value is -6.61. The minimum absolute atomic E-state index is 0.0233. The Balaban J connectivity index is 0.000000167. The molecule has 8 rings (SSSR count). The average molecular weight is 716 g/mol. The highest BCUT2D eigenvalue weighted by Crippen LogP contribution is 2.33. The van der Waals surface area contributed by atoms with Crippen LogP contribution in [0.1, 0.15) is 70.9 Å². The van der Waals surface area contributed by atoms with Gasteiger partial charge in [0.2, 0.25) is 0 Å². The fourth-order valence-electron chi connectivity index (χ4n) is 7.21. The molecule has 9 nitrogen and oxygen atoms in total. The van der Waals surface area contributed by atoms with Crippen LogP contribution in [0.3, 0.4) is 0 Å². The molecule has 0 saturated heterocycles. The molecule has 0 bridgehead atoms. The molecule has 0 saturated carbocycles. The standard InChI is InChI=1S/C24H21NO2.C21H20N4O2/c1-4-25-22-11-9-17(16(3)26)13-20(22)21-14-18(10-12-23(21)25)24(27)19-8-6-5-7-15(19)2;1-13(23-27-15(3)26)16-5-7-20-18(11-16)19-12-17(6-8-21(19)24(20)4)25-10-9-22-14(25)2/h5-14H,4H2,1-3H3;5-12H,1-4H3. The van der Waals surface area contributed by atoms with E-state index in [1.807, 2.05) is 93.7 Å². The summed E-state index contributed by atoms with van der Waals surface area (Å²) in [5, 5.41) is 8.21. The number of ketones is 2. The van der Waals surface area contributed by atoms with Crippen molar-refractivity contribution < 1.29 is 19.2 Å². The molecule has 0 N–H and O–H groups in total. The molecule has 54 heavy (non-hydrogen) atoms. The van der Waals surface area contributed by atoms with Gasteiger partial charge < -0.3 is 18.5 Å². The third-order valence-electron chi connectivity index (χ3n) is 10.1. The molecular weight excluding hydrogens is 675 g/mol. The number of oxime groups is 1. The van der Waals surface area contributed by atoms with Crippen LogP contribution in [0.4, 0.5) is 0 Å². The molecule has 0 atom stereocenters. The Kier molecular flexibility index (Phi) is 9.56. The molecule has 0 aliphatic carbocycles. The van der Waals surface area contributed by atoms with E-state index >= 15 is 0 Å². The van der Waals surface area contributed by atoms with Crippen molar-refractivity contribution >= 4 is 66.9 Å². The van der Waals surface area contributed by atoms with E-state index in [0.717, 1.165) is 78.4 Å². The van der Waals surface area contributed by atoms with Crippen LogP contribution in [0.5, 0.6) is 0 Å². The van der Waals surface area contributed by atoms with Crippen molar-refractivity contribution in [2.75, 3.05) is 0 Å². The fraction of sp³-hybridized carbons (Fsp3) is 0.178. The molecule has 0 radical (unpaired) electrons. The third-order valence-corrected chi connectivity index (χ3v) is 10.1. The summed E-state index contributed by atoms with van der Waals surface area (Å²) < 4.78 is 6.46. The fourth-order valence-corrected chi connectivity index (χ4v) is 7.21. The predicted molar refractivity (Wildman–Crippen MR) is 216 cm³/mol. The van der Waals surface area contributed by atoms with Crippen LogP contribution in [-0.4, -0.2) is 41.9 Å². The van der Waals surface area contributed by atoms with Gasteiger partial charge in [-0.1, -0.05) is 35.5 Å². The summed E-state index contributed by atoms with van der Waals surface area (Å²) in [6.07, 6.45) is 3.76. The summed E-state index contributed by atoms with van der Waals surface area (Å²) in [4.78, 5) is 45.0. The number of fused-ring (bicyclic) bond motifs is 6. The normalized spacial score (nSPS) is 11.6. The van der Waals surface area contributed by atoms with E-state index < -0.39 is 5.97 Å². The van der Waals surface area contributed by atoms with E-state index in [-0.39, 0.29) is 11.6 Å². The highest BCUT2D eigenvalue weighted by atomic mass is 16.7. The van der Waals surface area contributed by atoms with Gasteiger partial charge in [0.05, 0.1) is 5.71 Å². The molecule has 0 spiro atoms. The lowest BCUT2D eigenvalue weighted by Gasteiger charge is -2.06. The number of hydrogen-bond donors (Lipinski definition) is 0. The number of carbonyl (C=O) groups is 3. The van der Waals surface area contributed by atoms with Crippen molar-refractivity contribution in [3.8, 4) is 5.69 Å². The third kappa shape index (κ3) is 6.49. The zero-order valence-corrected chi connectivity index (χ0v) is 31.5. The summed E-state index contributed by atoms with van der Waals surface area (Å²) in [5.74, 6) is 0.581. The number of hydrogen-bond acceptors (Lipinski definition) is 6. The number of nitrogens with zero attached hydrogens (tertiary/aromatic N) is 5. The first-order valence-electron chi connectivity index (χ1n) is 17.9. The minimum atomic E-state index is -0.430. The van der Waals surface area contributed by atoms with E-state index in [0.29, 0.717) is 16.8 Å². The zero-order valence-electron chi connectivity index (χ0n) is 31.5. The zero-order chi connectivity index (χ0) is 38.3. The number of imidazole rings is 1. The molecule has 8 aromatic rings. The largest absolute Gasteiger partial charge is 0.344 e. The molecule has 0 amide bonds. The van der Waals surface area contributed by atoms with Crippen molar-refractivity contribution in [2.24, 2.45) is 12.2 Å². The van der Waals surface area contributed by atoms with Gasteiger partial charge in [-0.15, -0.1) is 0 Å². The van der Waals surface area contributed by atoms with Gasteiger partial charge in [-0.3, -0.25) is 9.59 Å². The van der Waals surface area contributed by atoms with Gasteiger partial charge in [0.1, 0.15) is 5.82 Å². The Morgan fingerprint density at radius 3 is 1.91 bits per heavy atom. The Bertz CT molecular complexity index is 2810. The van der Waals surface area contributed by atoms with Crippen molar-refractivity contribution in [3.63, 3.8) is 0 Å². The van der Waals surface area contributed by atoms with Crippen LogP contribution in [0.25, 0.3) is 49.3 Å². The van der Waals surface area contributed by atoms with E-state index in [1.54, 1.807) is 13.1 Å². The van der Waals surface area contributed by atoms with Crippen molar-refractivity contribution in [1.82, 2.24) is 18.7 Å². The second-order valence-corrected chi connectivity index (χ2v) is 13.5. The first kappa shape index (κ1) is 35.8. The maximum atomic E-state index is 13.0. The Morgan fingerprint density at radius 1 is 0.704 bits per heavy atom. The minimum Gasteiger partial charge on any atom is -0.344 e. The van der Waals surface area contributed by atoms with Crippen LogP contribution >= 0.6 is 0 Å². The van der Waals surface area contributed by atoms with E-state index in [4.69, 9.17) is 4.84 Å². The quantitative estimate of drug-likeness (QED) is 0.0708. The van der Waals surface area contributed by atoms with Crippen LogP contribution in [0.15, 0.2) is 115 Å². The maximum absolute atomic E-state index is 13.0. The Labute approximate surface area is 313 Å². The lowest BCUT2D eigenvalue weighted by molar-refractivity contribution is -0.140. The predicted octanol–water partition coefficient (Wildman–Crippen LogP) is 9.67. The number of rotatable bonds is 7. The summed E-state index contributed by atoms with van der Waals surface area (Å²) in [7, 11) is 2.06. The molecule has 5 aromatic carbocycles.